The molecule has 1 heterocycles. The molecule has 0 unspecified atom stereocenters. The van der Waals surface area contributed by atoms with Crippen molar-refractivity contribution >= 4 is 22.5 Å². The highest BCUT2D eigenvalue weighted by Crippen LogP contribution is 2.21. The summed E-state index contributed by atoms with van der Waals surface area (Å²) in [6.07, 6.45) is 1.81. The zero-order valence-electron chi connectivity index (χ0n) is 9.18. The van der Waals surface area contributed by atoms with Gasteiger partial charge < -0.3 is 15.6 Å². The zero-order valence-corrected chi connectivity index (χ0v) is 9.18. The van der Waals surface area contributed by atoms with Gasteiger partial charge in [0, 0.05) is 17.3 Å². The van der Waals surface area contributed by atoms with Gasteiger partial charge in [-0.05, 0) is 18.2 Å². The number of nitrogens with two attached hydrogens (primary N) is 1. The van der Waals surface area contributed by atoms with E-state index in [1.165, 1.54) is 0 Å². The van der Waals surface area contributed by atoms with Crippen molar-refractivity contribution < 1.29 is 4.79 Å². The monoisotopic (exact) mass is 228 g/mol. The van der Waals surface area contributed by atoms with Crippen LogP contribution in [-0.2, 0) is 11.3 Å². The SMILES string of the molecule is N#CCNC(=O)Cn1ccc2c(N)cccc21. The molecule has 0 spiro atoms. The highest BCUT2D eigenvalue weighted by Gasteiger charge is 2.06. The Hall–Kier alpha value is -2.48. The summed E-state index contributed by atoms with van der Waals surface area (Å²) in [6.45, 7) is 0.217. The predicted molar refractivity (Wildman–Crippen MR) is 65.0 cm³/mol. The van der Waals surface area contributed by atoms with E-state index < -0.39 is 0 Å². The van der Waals surface area contributed by atoms with Crippen LogP contribution in [0.3, 0.4) is 0 Å². The molecule has 5 nitrogen and oxygen atoms in total. The normalized spacial score (nSPS) is 10.1. The van der Waals surface area contributed by atoms with E-state index in [4.69, 9.17) is 11.0 Å². The van der Waals surface area contributed by atoms with Crippen molar-refractivity contribution in [1.82, 2.24) is 9.88 Å². The molecule has 0 radical (unpaired) electrons. The summed E-state index contributed by atoms with van der Waals surface area (Å²) in [6, 6.07) is 9.32. The summed E-state index contributed by atoms with van der Waals surface area (Å²) >= 11 is 0. The molecule has 0 aliphatic carbocycles. The quantitative estimate of drug-likeness (QED) is 0.603. The fourth-order valence-corrected chi connectivity index (χ4v) is 1.73. The average Bonchev–Trinajstić information content (AvgIpc) is 2.71. The number of aromatic nitrogens is 1. The van der Waals surface area contributed by atoms with Gasteiger partial charge in [0.25, 0.3) is 0 Å². The number of benzene rings is 1. The van der Waals surface area contributed by atoms with Gasteiger partial charge in [0.1, 0.15) is 13.1 Å². The second-order valence-corrected chi connectivity index (χ2v) is 3.66. The van der Waals surface area contributed by atoms with Gasteiger partial charge >= 0.3 is 0 Å². The smallest absolute Gasteiger partial charge is 0.240 e. The summed E-state index contributed by atoms with van der Waals surface area (Å²) in [5.41, 5.74) is 7.43. The lowest BCUT2D eigenvalue weighted by atomic mass is 10.2. The van der Waals surface area contributed by atoms with E-state index in [1.54, 1.807) is 4.57 Å². The first-order valence-corrected chi connectivity index (χ1v) is 5.19. The fraction of sp³-hybridized carbons (Fsp3) is 0.167. The van der Waals surface area contributed by atoms with Crippen LogP contribution in [0, 0.1) is 11.3 Å². The molecule has 86 valence electrons. The summed E-state index contributed by atoms with van der Waals surface area (Å²) in [4.78, 5) is 11.5. The van der Waals surface area contributed by atoms with E-state index >= 15 is 0 Å². The third-order valence-corrected chi connectivity index (χ3v) is 2.53. The number of nitrogens with one attached hydrogen (secondary N) is 1. The average molecular weight is 228 g/mol. The van der Waals surface area contributed by atoms with Gasteiger partial charge in [-0.15, -0.1) is 0 Å². The van der Waals surface area contributed by atoms with Crippen molar-refractivity contribution in [2.45, 2.75) is 6.54 Å². The molecule has 0 saturated carbocycles. The Labute approximate surface area is 98.4 Å². The minimum Gasteiger partial charge on any atom is -0.398 e. The van der Waals surface area contributed by atoms with Gasteiger partial charge in [0.15, 0.2) is 0 Å². The van der Waals surface area contributed by atoms with Crippen molar-refractivity contribution in [3.63, 3.8) is 0 Å². The van der Waals surface area contributed by atoms with Crippen LogP contribution in [0.1, 0.15) is 0 Å². The van der Waals surface area contributed by atoms with Crippen molar-refractivity contribution in [2.24, 2.45) is 0 Å². The standard InChI is InChI=1S/C12H12N4O/c13-5-6-15-12(17)8-16-7-4-9-10(14)2-1-3-11(9)16/h1-4,7H,6,8,14H2,(H,15,17). The number of rotatable bonds is 3. The van der Waals surface area contributed by atoms with E-state index in [-0.39, 0.29) is 19.0 Å². The van der Waals surface area contributed by atoms with Gasteiger partial charge in [0.05, 0.1) is 11.6 Å². The summed E-state index contributed by atoms with van der Waals surface area (Å²) in [5, 5.41) is 11.8. The summed E-state index contributed by atoms with van der Waals surface area (Å²) < 4.78 is 1.80. The Morgan fingerprint density at radius 2 is 2.29 bits per heavy atom. The molecule has 1 aromatic carbocycles. The molecule has 1 amide bonds. The van der Waals surface area contributed by atoms with Crippen LogP contribution in [0.2, 0.25) is 0 Å². The lowest BCUT2D eigenvalue weighted by Gasteiger charge is -2.05. The van der Waals surface area contributed by atoms with Crippen molar-refractivity contribution in [2.75, 3.05) is 12.3 Å². The molecule has 2 aromatic rings. The Kier molecular flexibility index (Phi) is 2.97. The van der Waals surface area contributed by atoms with E-state index in [1.807, 2.05) is 36.5 Å². The molecule has 0 aliphatic rings. The Morgan fingerprint density at radius 3 is 3.06 bits per heavy atom. The number of hydrogen-bond donors (Lipinski definition) is 2. The molecule has 1 aromatic heterocycles. The third-order valence-electron chi connectivity index (χ3n) is 2.53. The molecule has 0 saturated heterocycles. The molecule has 3 N–H and O–H groups in total. The highest BCUT2D eigenvalue weighted by atomic mass is 16.1. The lowest BCUT2D eigenvalue weighted by molar-refractivity contribution is -0.121. The first-order chi connectivity index (χ1) is 8.22. The van der Waals surface area contributed by atoms with Crippen LogP contribution in [0.4, 0.5) is 5.69 Å². The summed E-state index contributed by atoms with van der Waals surface area (Å²) in [5.74, 6) is -0.188. The number of amides is 1. The van der Waals surface area contributed by atoms with Crippen LogP contribution >= 0.6 is 0 Å². The molecule has 0 bridgehead atoms. The number of carbonyl (C=O) groups excluding carboxylic acids is 1. The molecule has 5 heteroatoms. The van der Waals surface area contributed by atoms with E-state index in [9.17, 15) is 4.79 Å². The van der Waals surface area contributed by atoms with Gasteiger partial charge in [-0.2, -0.15) is 5.26 Å². The first-order valence-electron chi connectivity index (χ1n) is 5.19. The largest absolute Gasteiger partial charge is 0.398 e. The maximum Gasteiger partial charge on any atom is 0.240 e. The maximum absolute atomic E-state index is 11.5. The van der Waals surface area contributed by atoms with Gasteiger partial charge in [-0.1, -0.05) is 6.07 Å². The Morgan fingerprint density at radius 1 is 1.47 bits per heavy atom. The molecule has 0 aliphatic heterocycles. The second-order valence-electron chi connectivity index (χ2n) is 3.66. The molecule has 0 atom stereocenters. The lowest BCUT2D eigenvalue weighted by Crippen LogP contribution is -2.27. The highest BCUT2D eigenvalue weighted by molar-refractivity contribution is 5.92. The van der Waals surface area contributed by atoms with Crippen LogP contribution in [0.25, 0.3) is 10.9 Å². The molecule has 17 heavy (non-hydrogen) atoms. The fourth-order valence-electron chi connectivity index (χ4n) is 1.73. The second kappa shape index (κ2) is 4.58. The van der Waals surface area contributed by atoms with E-state index in [0.29, 0.717) is 5.69 Å². The van der Waals surface area contributed by atoms with E-state index in [2.05, 4.69) is 5.32 Å². The zero-order chi connectivity index (χ0) is 12.3. The minimum absolute atomic E-state index is 0.0279. The third kappa shape index (κ3) is 2.21. The van der Waals surface area contributed by atoms with Crippen LogP contribution in [-0.4, -0.2) is 17.0 Å². The first kappa shape index (κ1) is 11.0. The van der Waals surface area contributed by atoms with Crippen LogP contribution in [0.5, 0.6) is 0 Å². The topological polar surface area (TPSA) is 83.8 Å². The number of nitrogen functional groups attached to an aromatic ring is 1. The Bertz CT molecular complexity index is 594. The molecular weight excluding hydrogens is 216 g/mol. The van der Waals surface area contributed by atoms with E-state index in [0.717, 1.165) is 10.9 Å². The van der Waals surface area contributed by atoms with Gasteiger partial charge in [-0.3, -0.25) is 4.79 Å². The number of nitrogens with zero attached hydrogens (tertiary/aromatic N) is 2. The van der Waals surface area contributed by atoms with Gasteiger partial charge in [0.2, 0.25) is 5.91 Å². The van der Waals surface area contributed by atoms with Gasteiger partial charge in [-0.25, -0.2) is 0 Å². The number of nitriles is 1. The molecule has 2 rings (SSSR count). The van der Waals surface area contributed by atoms with Crippen molar-refractivity contribution in [3.05, 3.63) is 30.5 Å². The Balaban J connectivity index is 2.23. The molecule has 0 fully saturated rings. The maximum atomic E-state index is 11.5. The summed E-state index contributed by atoms with van der Waals surface area (Å²) in [7, 11) is 0. The van der Waals surface area contributed by atoms with Crippen LogP contribution < -0.4 is 11.1 Å². The predicted octanol–water partition coefficient (Wildman–Crippen LogP) is 0.863. The van der Waals surface area contributed by atoms with Crippen molar-refractivity contribution in [1.29, 1.82) is 5.26 Å². The van der Waals surface area contributed by atoms with Crippen molar-refractivity contribution in [3.8, 4) is 6.07 Å². The number of anilines is 1. The molecular formula is C12H12N4O. The number of fused-ring (bicyclic) bond motifs is 1. The number of hydrogen-bond acceptors (Lipinski definition) is 3. The minimum atomic E-state index is -0.188. The van der Waals surface area contributed by atoms with Crippen LogP contribution in [0.15, 0.2) is 30.5 Å². The number of carbonyl (C=O) groups is 1.